The average molecular weight is 242 g/mol. The van der Waals surface area contributed by atoms with E-state index in [1.54, 1.807) is 12.1 Å². The second-order valence-corrected chi connectivity index (χ2v) is 4.01. The highest BCUT2D eigenvalue weighted by Crippen LogP contribution is 2.14. The van der Waals surface area contributed by atoms with Crippen molar-refractivity contribution < 1.29 is 9.90 Å². The number of carboxylic acids is 1. The van der Waals surface area contributed by atoms with E-state index in [4.69, 9.17) is 5.11 Å². The number of hydrogen-bond acceptors (Lipinski definition) is 3. The van der Waals surface area contributed by atoms with Gasteiger partial charge in [0.1, 0.15) is 0 Å². The zero-order chi connectivity index (χ0) is 13.0. The van der Waals surface area contributed by atoms with Gasteiger partial charge in [-0.2, -0.15) is 0 Å². The van der Waals surface area contributed by atoms with Crippen LogP contribution >= 0.6 is 0 Å². The van der Waals surface area contributed by atoms with Crippen LogP contribution in [0.3, 0.4) is 0 Å². The number of nitrogens with one attached hydrogen (secondary N) is 1. The molecule has 2 aromatic rings. The van der Waals surface area contributed by atoms with Crippen molar-refractivity contribution in [2.75, 3.05) is 5.32 Å². The minimum atomic E-state index is -0.957. The second-order valence-electron chi connectivity index (χ2n) is 4.01. The van der Waals surface area contributed by atoms with Crippen LogP contribution in [-0.2, 0) is 6.54 Å². The molecule has 0 aliphatic rings. The van der Waals surface area contributed by atoms with Crippen molar-refractivity contribution in [3.05, 3.63) is 59.4 Å². The molecule has 18 heavy (non-hydrogen) atoms. The number of anilines is 1. The fraction of sp³-hybridized carbons (Fsp3) is 0.143. The van der Waals surface area contributed by atoms with Crippen LogP contribution in [0.5, 0.6) is 0 Å². The molecule has 4 nitrogen and oxygen atoms in total. The normalized spacial score (nSPS) is 10.1. The van der Waals surface area contributed by atoms with E-state index in [1.807, 2.05) is 31.2 Å². The van der Waals surface area contributed by atoms with Gasteiger partial charge < -0.3 is 10.4 Å². The van der Waals surface area contributed by atoms with E-state index in [-0.39, 0.29) is 5.56 Å². The highest BCUT2D eigenvalue weighted by atomic mass is 16.4. The van der Waals surface area contributed by atoms with Crippen molar-refractivity contribution in [2.24, 2.45) is 0 Å². The predicted molar refractivity (Wildman–Crippen MR) is 69.7 cm³/mol. The molecule has 0 unspecified atom stereocenters. The van der Waals surface area contributed by atoms with Crippen LogP contribution in [0.1, 0.15) is 21.6 Å². The van der Waals surface area contributed by atoms with Crippen LogP contribution < -0.4 is 5.32 Å². The van der Waals surface area contributed by atoms with Crippen LogP contribution in [0.4, 0.5) is 5.69 Å². The molecule has 0 radical (unpaired) electrons. The number of aromatic nitrogens is 1. The van der Waals surface area contributed by atoms with Gasteiger partial charge in [0.05, 0.1) is 17.8 Å². The molecule has 0 amide bonds. The fourth-order valence-corrected chi connectivity index (χ4v) is 1.61. The number of pyridine rings is 1. The summed E-state index contributed by atoms with van der Waals surface area (Å²) >= 11 is 0. The molecule has 1 heterocycles. The Kier molecular flexibility index (Phi) is 3.57. The molecule has 92 valence electrons. The summed E-state index contributed by atoms with van der Waals surface area (Å²) in [5.41, 5.74) is 3.24. The Morgan fingerprint density at radius 1 is 1.28 bits per heavy atom. The third-order valence-corrected chi connectivity index (χ3v) is 2.68. The molecule has 0 bridgehead atoms. The smallest absolute Gasteiger partial charge is 0.337 e. The predicted octanol–water partition coefficient (Wildman–Crippen LogP) is 2.70. The molecular formula is C14H14N2O2. The number of carbonyl (C=O) groups is 1. The summed E-state index contributed by atoms with van der Waals surface area (Å²) in [5, 5.41) is 12.0. The van der Waals surface area contributed by atoms with Crippen molar-refractivity contribution in [1.29, 1.82) is 0 Å². The molecule has 0 aliphatic heterocycles. The highest BCUT2D eigenvalue weighted by molar-refractivity contribution is 5.87. The van der Waals surface area contributed by atoms with Gasteiger partial charge in [-0.05, 0) is 30.7 Å². The van der Waals surface area contributed by atoms with E-state index in [9.17, 15) is 4.79 Å². The van der Waals surface area contributed by atoms with Crippen LogP contribution in [0.15, 0.2) is 42.6 Å². The summed E-state index contributed by atoms with van der Waals surface area (Å²) in [5.74, 6) is -0.957. The molecule has 1 aromatic heterocycles. The van der Waals surface area contributed by atoms with Gasteiger partial charge in [0.25, 0.3) is 0 Å². The maximum absolute atomic E-state index is 10.7. The molecule has 0 fully saturated rings. The number of nitrogens with zero attached hydrogens (tertiary/aromatic N) is 1. The summed E-state index contributed by atoms with van der Waals surface area (Å²) < 4.78 is 0. The SMILES string of the molecule is Cc1ccccc1NCc1ccc(C(=O)O)cn1. The number of carboxylic acid groups (broad SMARTS) is 1. The van der Waals surface area contributed by atoms with Gasteiger partial charge in [0, 0.05) is 11.9 Å². The lowest BCUT2D eigenvalue weighted by Gasteiger charge is -2.08. The summed E-state index contributed by atoms with van der Waals surface area (Å²) in [6.07, 6.45) is 1.37. The Labute approximate surface area is 105 Å². The van der Waals surface area contributed by atoms with Crippen LogP contribution in [0.2, 0.25) is 0 Å². The van der Waals surface area contributed by atoms with Gasteiger partial charge in [0.15, 0.2) is 0 Å². The molecule has 0 spiro atoms. The lowest BCUT2D eigenvalue weighted by Crippen LogP contribution is -2.04. The monoisotopic (exact) mass is 242 g/mol. The number of para-hydroxylation sites is 1. The number of aromatic carboxylic acids is 1. The largest absolute Gasteiger partial charge is 0.478 e. The lowest BCUT2D eigenvalue weighted by atomic mass is 10.2. The Morgan fingerprint density at radius 3 is 2.67 bits per heavy atom. The molecular weight excluding hydrogens is 228 g/mol. The third-order valence-electron chi connectivity index (χ3n) is 2.68. The van der Waals surface area contributed by atoms with Gasteiger partial charge >= 0.3 is 5.97 Å². The molecule has 1 aromatic carbocycles. The van der Waals surface area contributed by atoms with Gasteiger partial charge in [0.2, 0.25) is 0 Å². The average Bonchev–Trinajstić information content (AvgIpc) is 2.38. The molecule has 2 rings (SSSR count). The second kappa shape index (κ2) is 5.31. The molecule has 2 N–H and O–H groups in total. The van der Waals surface area contributed by atoms with Gasteiger partial charge in [-0.1, -0.05) is 18.2 Å². The van der Waals surface area contributed by atoms with Crippen LogP contribution in [0, 0.1) is 6.92 Å². The molecule has 0 atom stereocenters. The minimum absolute atomic E-state index is 0.203. The first-order chi connectivity index (χ1) is 8.66. The zero-order valence-corrected chi connectivity index (χ0v) is 10.1. The Hall–Kier alpha value is -2.36. The maximum Gasteiger partial charge on any atom is 0.337 e. The van der Waals surface area contributed by atoms with Gasteiger partial charge in [-0.25, -0.2) is 4.79 Å². The molecule has 0 aliphatic carbocycles. The van der Waals surface area contributed by atoms with E-state index in [1.165, 1.54) is 11.8 Å². The van der Waals surface area contributed by atoms with Crippen molar-refractivity contribution in [3.8, 4) is 0 Å². The number of benzene rings is 1. The first-order valence-electron chi connectivity index (χ1n) is 5.64. The number of hydrogen-bond donors (Lipinski definition) is 2. The van der Waals surface area contributed by atoms with E-state index in [0.717, 1.165) is 11.4 Å². The van der Waals surface area contributed by atoms with Crippen molar-refractivity contribution in [1.82, 2.24) is 4.98 Å². The van der Waals surface area contributed by atoms with Crippen molar-refractivity contribution >= 4 is 11.7 Å². The van der Waals surface area contributed by atoms with E-state index in [0.29, 0.717) is 6.54 Å². The van der Waals surface area contributed by atoms with E-state index >= 15 is 0 Å². The first kappa shape index (κ1) is 12.1. The Morgan fingerprint density at radius 2 is 2.06 bits per heavy atom. The summed E-state index contributed by atoms with van der Waals surface area (Å²) in [7, 11) is 0. The molecule has 4 heteroatoms. The minimum Gasteiger partial charge on any atom is -0.478 e. The van der Waals surface area contributed by atoms with Crippen molar-refractivity contribution in [3.63, 3.8) is 0 Å². The Bertz CT molecular complexity index is 550. The lowest BCUT2D eigenvalue weighted by molar-refractivity contribution is 0.0696. The Balaban J connectivity index is 2.02. The topological polar surface area (TPSA) is 62.2 Å². The summed E-state index contributed by atoms with van der Waals surface area (Å²) in [4.78, 5) is 14.8. The van der Waals surface area contributed by atoms with E-state index in [2.05, 4.69) is 10.3 Å². The quantitative estimate of drug-likeness (QED) is 0.865. The van der Waals surface area contributed by atoms with Gasteiger partial charge in [-0.3, -0.25) is 4.98 Å². The standard InChI is InChI=1S/C14H14N2O2/c1-10-4-2-3-5-13(10)16-9-12-7-6-11(8-15-12)14(17)18/h2-8,16H,9H2,1H3,(H,17,18). The third kappa shape index (κ3) is 2.85. The van der Waals surface area contributed by atoms with Crippen LogP contribution in [0.25, 0.3) is 0 Å². The fourth-order valence-electron chi connectivity index (χ4n) is 1.61. The van der Waals surface area contributed by atoms with Crippen LogP contribution in [-0.4, -0.2) is 16.1 Å². The first-order valence-corrected chi connectivity index (χ1v) is 5.64. The summed E-state index contributed by atoms with van der Waals surface area (Å²) in [6.45, 7) is 2.61. The number of rotatable bonds is 4. The number of aryl methyl sites for hydroxylation is 1. The van der Waals surface area contributed by atoms with Gasteiger partial charge in [-0.15, -0.1) is 0 Å². The maximum atomic E-state index is 10.7. The molecule has 0 saturated carbocycles. The summed E-state index contributed by atoms with van der Waals surface area (Å²) in [6, 6.07) is 11.3. The molecule has 0 saturated heterocycles. The zero-order valence-electron chi connectivity index (χ0n) is 10.1. The van der Waals surface area contributed by atoms with E-state index < -0.39 is 5.97 Å². The van der Waals surface area contributed by atoms with Crippen molar-refractivity contribution in [2.45, 2.75) is 13.5 Å². The highest BCUT2D eigenvalue weighted by Gasteiger charge is 2.03.